The summed E-state index contributed by atoms with van der Waals surface area (Å²) in [6.07, 6.45) is 0.744. The molecule has 2 N–H and O–H groups in total. The van der Waals surface area contributed by atoms with Crippen molar-refractivity contribution in [2.75, 3.05) is 32.6 Å². The first kappa shape index (κ1) is 17.7. The van der Waals surface area contributed by atoms with Crippen molar-refractivity contribution >= 4 is 11.6 Å². The molecule has 1 amide bonds. The third kappa shape index (κ3) is 5.24. The number of hydrogen-bond acceptors (Lipinski definition) is 4. The third-order valence-electron chi connectivity index (χ3n) is 3.43. The highest BCUT2D eigenvalue weighted by molar-refractivity contribution is 5.92. The van der Waals surface area contributed by atoms with Crippen LogP contribution in [0.2, 0.25) is 0 Å². The SMILES string of the molecule is COc1ccc(CCNCC(=O)Nc2cccc(F)c2)cc1OC. The maximum absolute atomic E-state index is 13.0. The molecule has 2 aromatic rings. The van der Waals surface area contributed by atoms with Gasteiger partial charge in [0, 0.05) is 5.69 Å². The summed E-state index contributed by atoms with van der Waals surface area (Å²) in [5.74, 6) is 0.768. The van der Waals surface area contributed by atoms with E-state index in [0.717, 1.165) is 12.0 Å². The Balaban J connectivity index is 1.75. The summed E-state index contributed by atoms with van der Waals surface area (Å²) in [6, 6.07) is 11.5. The maximum Gasteiger partial charge on any atom is 0.238 e. The van der Waals surface area contributed by atoms with Crippen LogP contribution in [0.25, 0.3) is 0 Å². The third-order valence-corrected chi connectivity index (χ3v) is 3.43. The molecule has 0 aromatic heterocycles. The van der Waals surface area contributed by atoms with Crippen molar-refractivity contribution in [1.29, 1.82) is 0 Å². The molecule has 128 valence electrons. The zero-order chi connectivity index (χ0) is 17.4. The van der Waals surface area contributed by atoms with Gasteiger partial charge < -0.3 is 20.1 Å². The lowest BCUT2D eigenvalue weighted by atomic mass is 10.1. The second-order valence-electron chi connectivity index (χ2n) is 5.17. The highest BCUT2D eigenvalue weighted by Gasteiger charge is 2.05. The molecule has 0 aliphatic heterocycles. The van der Waals surface area contributed by atoms with Crippen LogP contribution in [0.3, 0.4) is 0 Å². The average molecular weight is 332 g/mol. The lowest BCUT2D eigenvalue weighted by Crippen LogP contribution is -2.29. The number of halogens is 1. The van der Waals surface area contributed by atoms with Gasteiger partial charge in [-0.1, -0.05) is 12.1 Å². The van der Waals surface area contributed by atoms with Gasteiger partial charge in [-0.3, -0.25) is 4.79 Å². The topological polar surface area (TPSA) is 59.6 Å². The Kier molecular flexibility index (Phi) is 6.57. The van der Waals surface area contributed by atoms with Gasteiger partial charge in [0.25, 0.3) is 0 Å². The number of hydrogen-bond donors (Lipinski definition) is 2. The average Bonchev–Trinajstić information content (AvgIpc) is 2.58. The van der Waals surface area contributed by atoms with Gasteiger partial charge in [-0.05, 0) is 48.9 Å². The van der Waals surface area contributed by atoms with Gasteiger partial charge in [-0.2, -0.15) is 0 Å². The normalized spacial score (nSPS) is 10.3. The van der Waals surface area contributed by atoms with Crippen LogP contribution in [-0.2, 0) is 11.2 Å². The summed E-state index contributed by atoms with van der Waals surface area (Å²) >= 11 is 0. The molecule has 0 atom stereocenters. The smallest absolute Gasteiger partial charge is 0.238 e. The quantitative estimate of drug-likeness (QED) is 0.730. The monoisotopic (exact) mass is 332 g/mol. The zero-order valence-corrected chi connectivity index (χ0v) is 13.8. The fourth-order valence-electron chi connectivity index (χ4n) is 2.24. The number of carbonyl (C=O) groups is 1. The van der Waals surface area contributed by atoms with Crippen LogP contribution in [0.5, 0.6) is 11.5 Å². The first-order valence-electron chi connectivity index (χ1n) is 7.59. The van der Waals surface area contributed by atoms with Crippen LogP contribution in [0, 0.1) is 5.82 Å². The molecule has 0 fully saturated rings. The van der Waals surface area contributed by atoms with Gasteiger partial charge in [0.15, 0.2) is 11.5 Å². The molecular formula is C18H21FN2O3. The Hall–Kier alpha value is -2.60. The molecule has 0 aliphatic carbocycles. The van der Waals surface area contributed by atoms with Crippen LogP contribution < -0.4 is 20.1 Å². The largest absolute Gasteiger partial charge is 0.493 e. The molecule has 2 aromatic carbocycles. The van der Waals surface area contributed by atoms with Gasteiger partial charge in [0.1, 0.15) is 5.82 Å². The van der Waals surface area contributed by atoms with Crippen molar-refractivity contribution in [3.63, 3.8) is 0 Å². The first-order valence-corrected chi connectivity index (χ1v) is 7.59. The Morgan fingerprint density at radius 3 is 2.58 bits per heavy atom. The Morgan fingerprint density at radius 1 is 1.08 bits per heavy atom. The number of carbonyl (C=O) groups excluding carboxylic acids is 1. The van der Waals surface area contributed by atoms with Gasteiger partial charge in [0.05, 0.1) is 20.8 Å². The molecule has 24 heavy (non-hydrogen) atoms. The minimum Gasteiger partial charge on any atom is -0.493 e. The van der Waals surface area contributed by atoms with Crippen LogP contribution in [0.15, 0.2) is 42.5 Å². The molecule has 6 heteroatoms. The predicted octanol–water partition coefficient (Wildman–Crippen LogP) is 2.61. The van der Waals surface area contributed by atoms with Crippen LogP contribution in [-0.4, -0.2) is 33.2 Å². The number of rotatable bonds is 8. The molecule has 0 radical (unpaired) electrons. The summed E-state index contributed by atoms with van der Waals surface area (Å²) in [4.78, 5) is 11.8. The zero-order valence-electron chi connectivity index (χ0n) is 13.8. The van der Waals surface area contributed by atoms with Crippen molar-refractivity contribution in [1.82, 2.24) is 5.32 Å². The van der Waals surface area contributed by atoms with Gasteiger partial charge in [0.2, 0.25) is 5.91 Å². The van der Waals surface area contributed by atoms with Crippen molar-refractivity contribution in [2.24, 2.45) is 0 Å². The summed E-state index contributed by atoms with van der Waals surface area (Å²) in [5, 5.41) is 5.69. The first-order chi connectivity index (χ1) is 11.6. The minimum absolute atomic E-state index is 0.157. The number of anilines is 1. The Labute approximate surface area is 140 Å². The molecule has 0 bridgehead atoms. The van der Waals surface area contributed by atoms with Gasteiger partial charge in [-0.25, -0.2) is 4.39 Å². The van der Waals surface area contributed by atoms with E-state index in [-0.39, 0.29) is 18.3 Å². The number of nitrogens with one attached hydrogen (secondary N) is 2. The highest BCUT2D eigenvalue weighted by Crippen LogP contribution is 2.27. The van der Waals surface area contributed by atoms with Crippen molar-refractivity contribution in [3.05, 3.63) is 53.8 Å². The fourth-order valence-corrected chi connectivity index (χ4v) is 2.24. The number of benzene rings is 2. The van der Waals surface area contributed by atoms with Crippen molar-refractivity contribution < 1.29 is 18.7 Å². The van der Waals surface area contributed by atoms with E-state index in [4.69, 9.17) is 9.47 Å². The highest BCUT2D eigenvalue weighted by atomic mass is 19.1. The second-order valence-corrected chi connectivity index (χ2v) is 5.17. The molecule has 0 heterocycles. The van der Waals surface area contributed by atoms with E-state index in [9.17, 15) is 9.18 Å². The number of methoxy groups -OCH3 is 2. The molecule has 2 rings (SSSR count). The summed E-state index contributed by atoms with van der Waals surface area (Å²) < 4.78 is 23.5. The van der Waals surface area contributed by atoms with Crippen molar-refractivity contribution in [2.45, 2.75) is 6.42 Å². The van der Waals surface area contributed by atoms with E-state index in [1.807, 2.05) is 18.2 Å². The molecule has 0 saturated carbocycles. The summed E-state index contributed by atoms with van der Waals surface area (Å²) in [5.41, 5.74) is 1.52. The van der Waals surface area contributed by atoms with E-state index in [0.29, 0.717) is 23.7 Å². The van der Waals surface area contributed by atoms with Crippen molar-refractivity contribution in [3.8, 4) is 11.5 Å². The molecule has 0 unspecified atom stereocenters. The molecule has 5 nitrogen and oxygen atoms in total. The van der Waals surface area contributed by atoms with Crippen LogP contribution in [0.1, 0.15) is 5.56 Å². The Morgan fingerprint density at radius 2 is 1.88 bits per heavy atom. The lowest BCUT2D eigenvalue weighted by Gasteiger charge is -2.10. The Bertz CT molecular complexity index is 692. The molecule has 0 spiro atoms. The van der Waals surface area contributed by atoms with Crippen LogP contribution in [0.4, 0.5) is 10.1 Å². The molecule has 0 saturated heterocycles. The lowest BCUT2D eigenvalue weighted by molar-refractivity contribution is -0.115. The van der Waals surface area contributed by atoms with E-state index in [1.54, 1.807) is 26.4 Å². The predicted molar refractivity (Wildman–Crippen MR) is 91.1 cm³/mol. The van der Waals surface area contributed by atoms with Crippen LogP contribution >= 0.6 is 0 Å². The van der Waals surface area contributed by atoms with E-state index in [1.165, 1.54) is 12.1 Å². The van der Waals surface area contributed by atoms with Gasteiger partial charge in [-0.15, -0.1) is 0 Å². The van der Waals surface area contributed by atoms with E-state index >= 15 is 0 Å². The number of amides is 1. The number of ether oxygens (including phenoxy) is 2. The fraction of sp³-hybridized carbons (Fsp3) is 0.278. The van der Waals surface area contributed by atoms with E-state index < -0.39 is 0 Å². The van der Waals surface area contributed by atoms with E-state index in [2.05, 4.69) is 10.6 Å². The summed E-state index contributed by atoms with van der Waals surface area (Å²) in [7, 11) is 3.19. The second kappa shape index (κ2) is 8.88. The maximum atomic E-state index is 13.0. The minimum atomic E-state index is -0.380. The molecule has 0 aliphatic rings. The standard InChI is InChI=1S/C18H21FN2O3/c1-23-16-7-6-13(10-17(16)24-2)8-9-20-12-18(22)21-15-5-3-4-14(19)11-15/h3-7,10-11,20H,8-9,12H2,1-2H3,(H,21,22). The summed E-state index contributed by atoms with van der Waals surface area (Å²) in [6.45, 7) is 0.788. The molecular weight excluding hydrogens is 311 g/mol. The van der Waals surface area contributed by atoms with Gasteiger partial charge >= 0.3 is 0 Å².